The number of carbonyl (C=O) groups is 4. The van der Waals surface area contributed by atoms with Gasteiger partial charge in [0, 0.05) is 25.7 Å². The number of esters is 4. The lowest BCUT2D eigenvalue weighted by molar-refractivity contribution is -0.161. The van der Waals surface area contributed by atoms with Gasteiger partial charge in [0.2, 0.25) is 0 Å². The van der Waals surface area contributed by atoms with Crippen molar-refractivity contribution in [1.82, 2.24) is 0 Å². The van der Waals surface area contributed by atoms with Gasteiger partial charge < -0.3 is 33.8 Å². The Morgan fingerprint density at radius 3 is 0.640 bits per heavy atom. The van der Waals surface area contributed by atoms with Crippen LogP contribution in [0.15, 0.2) is 0 Å². The van der Waals surface area contributed by atoms with Gasteiger partial charge in [-0.3, -0.25) is 37.3 Å². The molecule has 0 aliphatic rings. The number of hydrogen-bond acceptors (Lipinski definition) is 15. The maximum Gasteiger partial charge on any atom is 0.472 e. The molecule has 0 aromatic rings. The van der Waals surface area contributed by atoms with E-state index in [1.165, 1.54) is 327 Å². The lowest BCUT2D eigenvalue weighted by atomic mass is 9.99. The van der Waals surface area contributed by atoms with E-state index in [0.29, 0.717) is 25.7 Å². The van der Waals surface area contributed by atoms with E-state index in [-0.39, 0.29) is 25.7 Å². The maximum absolute atomic E-state index is 13.2. The fraction of sp³-hybridized carbons (Fsp3) is 0.957. The predicted octanol–water partition coefficient (Wildman–Crippen LogP) is 28.7. The van der Waals surface area contributed by atoms with Crippen molar-refractivity contribution in [1.29, 1.82) is 0 Å². The molecule has 0 aromatic heterocycles. The molecule has 0 aliphatic carbocycles. The Bertz CT molecular complexity index is 2100. The molecule has 660 valence electrons. The molecule has 3 unspecified atom stereocenters. The number of carbonyl (C=O) groups excluding carboxylic acids is 4. The highest BCUT2D eigenvalue weighted by molar-refractivity contribution is 7.47. The molecule has 0 aliphatic heterocycles. The highest BCUT2D eigenvalue weighted by Crippen LogP contribution is 2.45. The Labute approximate surface area is 683 Å². The van der Waals surface area contributed by atoms with E-state index in [2.05, 4.69) is 34.6 Å². The van der Waals surface area contributed by atoms with Crippen molar-refractivity contribution in [2.45, 2.75) is 522 Å². The van der Waals surface area contributed by atoms with Crippen molar-refractivity contribution in [3.8, 4) is 0 Å². The third kappa shape index (κ3) is 84.3. The lowest BCUT2D eigenvalue weighted by Gasteiger charge is -2.21. The molecule has 0 aromatic carbocycles. The highest BCUT2D eigenvalue weighted by Gasteiger charge is 2.31. The Morgan fingerprint density at radius 1 is 0.252 bits per heavy atom. The zero-order valence-electron chi connectivity index (χ0n) is 73.1. The van der Waals surface area contributed by atoms with Crippen molar-refractivity contribution in [2.24, 2.45) is 5.92 Å². The summed E-state index contributed by atoms with van der Waals surface area (Å²) >= 11 is 0. The van der Waals surface area contributed by atoms with Crippen LogP contribution < -0.4 is 0 Å². The number of aliphatic hydroxyl groups is 1. The molecule has 19 heteroatoms. The van der Waals surface area contributed by atoms with Gasteiger partial charge in [0.15, 0.2) is 12.2 Å². The van der Waals surface area contributed by atoms with Crippen LogP contribution in [0, 0.1) is 5.92 Å². The first kappa shape index (κ1) is 109. The first-order chi connectivity index (χ1) is 54.1. The number of ether oxygens (including phenoxy) is 4. The minimum Gasteiger partial charge on any atom is -0.462 e. The fourth-order valence-electron chi connectivity index (χ4n) is 14.5. The zero-order chi connectivity index (χ0) is 81.1. The summed E-state index contributed by atoms with van der Waals surface area (Å²) in [4.78, 5) is 73.5. The topological polar surface area (TPSA) is 237 Å². The molecule has 0 bridgehead atoms. The van der Waals surface area contributed by atoms with Crippen LogP contribution in [0.5, 0.6) is 0 Å². The molecule has 0 amide bonds. The quantitative estimate of drug-likeness (QED) is 0.0222. The third-order valence-corrected chi connectivity index (χ3v) is 24.0. The molecule has 0 spiro atoms. The summed E-state index contributed by atoms with van der Waals surface area (Å²) in [6.07, 6.45) is 80.7. The van der Waals surface area contributed by atoms with Crippen molar-refractivity contribution in [3.05, 3.63) is 0 Å². The standard InChI is InChI=1S/C92H180O17P2/c1-6-10-13-16-19-22-25-28-31-34-37-39-41-44-47-50-53-56-63-68-73-77-91(96)108-87(81-102-89(94)75-70-65-60-54-51-48-45-43-40-38-35-32-29-26-23-20-17-14-11-7-2)83-106-110(98,99)104-79-86(93)80-105-111(100,101)107-84-88(82-103-90(95)76-71-66-61-58-57-59-64-69-74-85(5)9-4)109-92(97)78-72-67-62-55-52-49-46-42-36-33-30-27-24-21-18-15-12-8-3/h85-88,93H,6-84H2,1-5H3,(H,98,99)(H,100,101)/t85?,86-,87-,88-/m1/s1. The van der Waals surface area contributed by atoms with Gasteiger partial charge in [0.05, 0.1) is 26.4 Å². The van der Waals surface area contributed by atoms with Gasteiger partial charge >= 0.3 is 39.5 Å². The Balaban J connectivity index is 5.25. The first-order valence-electron chi connectivity index (χ1n) is 47.7. The summed E-state index contributed by atoms with van der Waals surface area (Å²) < 4.78 is 69.1. The predicted molar refractivity (Wildman–Crippen MR) is 460 cm³/mol. The Hall–Kier alpha value is -1.94. The van der Waals surface area contributed by atoms with E-state index in [4.69, 9.17) is 37.0 Å². The largest absolute Gasteiger partial charge is 0.472 e. The summed E-state index contributed by atoms with van der Waals surface area (Å²) in [5, 5.41) is 10.7. The Kier molecular flexibility index (Phi) is 83.0. The van der Waals surface area contributed by atoms with Crippen LogP contribution in [0.2, 0.25) is 0 Å². The second-order valence-corrected chi connectivity index (χ2v) is 36.2. The number of phosphoric acid groups is 2. The van der Waals surface area contributed by atoms with Crippen LogP contribution in [0.25, 0.3) is 0 Å². The summed E-state index contributed by atoms with van der Waals surface area (Å²) in [5.41, 5.74) is 0. The number of hydrogen-bond donors (Lipinski definition) is 3. The number of phosphoric ester groups is 2. The first-order valence-corrected chi connectivity index (χ1v) is 50.7. The molecule has 17 nitrogen and oxygen atoms in total. The fourth-order valence-corrected chi connectivity index (χ4v) is 16.1. The molecule has 6 atom stereocenters. The minimum atomic E-state index is -4.97. The van der Waals surface area contributed by atoms with Crippen molar-refractivity contribution < 1.29 is 80.2 Å². The van der Waals surface area contributed by atoms with Gasteiger partial charge in [-0.25, -0.2) is 9.13 Å². The van der Waals surface area contributed by atoms with Crippen LogP contribution in [-0.2, 0) is 65.4 Å². The van der Waals surface area contributed by atoms with E-state index < -0.39 is 97.5 Å². The van der Waals surface area contributed by atoms with Gasteiger partial charge in [-0.2, -0.15) is 0 Å². The monoisotopic (exact) mass is 1620 g/mol. The normalized spacial score (nSPS) is 13.9. The Morgan fingerprint density at radius 2 is 0.432 bits per heavy atom. The minimum absolute atomic E-state index is 0.109. The molecular weight excluding hydrogens is 1440 g/mol. The van der Waals surface area contributed by atoms with Gasteiger partial charge in [-0.05, 0) is 31.6 Å². The van der Waals surface area contributed by atoms with Crippen LogP contribution in [0.1, 0.15) is 503 Å². The van der Waals surface area contributed by atoms with E-state index in [9.17, 15) is 43.2 Å². The average molecular weight is 1620 g/mol. The molecule has 0 rings (SSSR count). The van der Waals surface area contributed by atoms with Crippen LogP contribution in [0.3, 0.4) is 0 Å². The van der Waals surface area contributed by atoms with E-state index in [0.717, 1.165) is 95.8 Å². The number of rotatable bonds is 92. The number of aliphatic hydroxyl groups excluding tert-OH is 1. The van der Waals surface area contributed by atoms with Gasteiger partial charge in [-0.15, -0.1) is 0 Å². The molecular formula is C92H180O17P2. The lowest BCUT2D eigenvalue weighted by Crippen LogP contribution is -2.30. The third-order valence-electron chi connectivity index (χ3n) is 22.1. The highest BCUT2D eigenvalue weighted by atomic mass is 31.2. The van der Waals surface area contributed by atoms with E-state index in [1.807, 2.05) is 0 Å². The van der Waals surface area contributed by atoms with Crippen molar-refractivity contribution >= 4 is 39.5 Å². The van der Waals surface area contributed by atoms with Gasteiger partial charge in [-0.1, -0.05) is 452 Å². The van der Waals surface area contributed by atoms with Crippen molar-refractivity contribution in [2.75, 3.05) is 39.6 Å². The summed E-state index contributed by atoms with van der Waals surface area (Å²) in [6.45, 7) is 7.41. The molecule has 0 saturated carbocycles. The molecule has 0 fully saturated rings. The van der Waals surface area contributed by atoms with Crippen LogP contribution >= 0.6 is 15.6 Å². The van der Waals surface area contributed by atoms with Crippen molar-refractivity contribution in [3.63, 3.8) is 0 Å². The SMILES string of the molecule is CCCCCCCCCCCCCCCCCCCCCCCC(=O)O[C@H](COC(=O)CCCCCCCCCCCCCCCCCCCCCC)COP(=O)(O)OC[C@@H](O)COP(=O)(O)OC[C@@H](COC(=O)CCCCCCCCCCC(C)CC)OC(=O)CCCCCCCCCCCCCCCCCCCC. The maximum atomic E-state index is 13.2. The van der Waals surface area contributed by atoms with E-state index >= 15 is 0 Å². The molecule has 0 saturated heterocycles. The van der Waals surface area contributed by atoms with Gasteiger partial charge in [0.25, 0.3) is 0 Å². The van der Waals surface area contributed by atoms with Crippen LogP contribution in [0.4, 0.5) is 0 Å². The van der Waals surface area contributed by atoms with Gasteiger partial charge in [0.1, 0.15) is 19.3 Å². The number of unbranched alkanes of at least 4 members (excludes halogenated alkanes) is 63. The smallest absolute Gasteiger partial charge is 0.462 e. The molecule has 3 N–H and O–H groups in total. The summed E-state index contributed by atoms with van der Waals surface area (Å²) in [5.74, 6) is -1.32. The van der Waals surface area contributed by atoms with E-state index in [1.54, 1.807) is 0 Å². The second-order valence-electron chi connectivity index (χ2n) is 33.3. The summed E-state index contributed by atoms with van der Waals surface area (Å²) in [7, 11) is -9.94. The molecule has 111 heavy (non-hydrogen) atoms. The molecule has 0 heterocycles. The second kappa shape index (κ2) is 84.5. The van der Waals surface area contributed by atoms with Crippen LogP contribution in [-0.4, -0.2) is 96.7 Å². The summed E-state index contributed by atoms with van der Waals surface area (Å²) in [6, 6.07) is 0. The average Bonchev–Trinajstić information content (AvgIpc) is 0.897. The zero-order valence-corrected chi connectivity index (χ0v) is 74.9. The molecule has 0 radical (unpaired) electrons.